The van der Waals surface area contributed by atoms with Crippen LogP contribution in [0.25, 0.3) is 0 Å². The fourth-order valence-corrected chi connectivity index (χ4v) is 2.57. The molecule has 104 valence electrons. The molecule has 0 aliphatic heterocycles. The van der Waals surface area contributed by atoms with Crippen LogP contribution in [0.3, 0.4) is 0 Å². The highest BCUT2D eigenvalue weighted by Crippen LogP contribution is 2.41. The van der Waals surface area contributed by atoms with Gasteiger partial charge in [0.1, 0.15) is 0 Å². The monoisotopic (exact) mass is 261 g/mol. The number of carboxylic acid groups (broad SMARTS) is 1. The Labute approximate surface area is 115 Å². The first-order valence-electron chi connectivity index (χ1n) is 6.92. The summed E-state index contributed by atoms with van der Waals surface area (Å²) < 4.78 is 0. The van der Waals surface area contributed by atoms with Crippen LogP contribution in [-0.4, -0.2) is 17.1 Å². The number of benzene rings is 1. The molecular weight excluding hydrogens is 238 g/mol. The number of aromatic carboxylic acids is 1. The van der Waals surface area contributed by atoms with E-state index in [9.17, 15) is 4.79 Å². The summed E-state index contributed by atoms with van der Waals surface area (Å²) in [6.45, 7) is 7.64. The maximum Gasteiger partial charge on any atom is 0.335 e. The summed E-state index contributed by atoms with van der Waals surface area (Å²) in [6, 6.07) is 7.73. The van der Waals surface area contributed by atoms with E-state index in [4.69, 9.17) is 5.11 Å². The highest BCUT2D eigenvalue weighted by atomic mass is 16.4. The van der Waals surface area contributed by atoms with Gasteiger partial charge in [0.05, 0.1) is 5.56 Å². The Hall–Kier alpha value is -1.35. The van der Waals surface area contributed by atoms with Crippen LogP contribution in [-0.2, 0) is 6.54 Å². The van der Waals surface area contributed by atoms with Crippen LogP contribution in [0.15, 0.2) is 24.3 Å². The van der Waals surface area contributed by atoms with Gasteiger partial charge in [0.25, 0.3) is 0 Å². The Balaban J connectivity index is 1.81. The molecule has 2 rings (SSSR count). The average Bonchev–Trinajstić information content (AvgIpc) is 2.25. The van der Waals surface area contributed by atoms with Crippen molar-refractivity contribution in [3.63, 3.8) is 0 Å². The van der Waals surface area contributed by atoms with E-state index in [1.54, 1.807) is 18.2 Å². The van der Waals surface area contributed by atoms with Gasteiger partial charge in [-0.25, -0.2) is 4.79 Å². The van der Waals surface area contributed by atoms with Crippen molar-refractivity contribution >= 4 is 5.97 Å². The third kappa shape index (κ3) is 3.57. The van der Waals surface area contributed by atoms with Gasteiger partial charge in [-0.1, -0.05) is 32.9 Å². The largest absolute Gasteiger partial charge is 0.478 e. The van der Waals surface area contributed by atoms with Crippen LogP contribution in [0.4, 0.5) is 0 Å². The first-order valence-corrected chi connectivity index (χ1v) is 6.92. The van der Waals surface area contributed by atoms with Crippen LogP contribution < -0.4 is 5.32 Å². The molecule has 1 aliphatic rings. The number of nitrogens with one attached hydrogen (secondary N) is 1. The van der Waals surface area contributed by atoms with Crippen molar-refractivity contribution < 1.29 is 9.90 Å². The molecule has 1 aromatic carbocycles. The predicted octanol–water partition coefficient (Wildman–Crippen LogP) is 3.30. The lowest BCUT2D eigenvalue weighted by Gasteiger charge is -2.44. The van der Waals surface area contributed by atoms with Gasteiger partial charge in [-0.2, -0.15) is 0 Å². The summed E-state index contributed by atoms with van der Waals surface area (Å²) in [6.07, 6.45) is 2.45. The van der Waals surface area contributed by atoms with Gasteiger partial charge in [0.2, 0.25) is 0 Å². The highest BCUT2D eigenvalue weighted by Gasteiger charge is 2.36. The third-order valence-corrected chi connectivity index (χ3v) is 4.13. The minimum Gasteiger partial charge on any atom is -0.478 e. The van der Waals surface area contributed by atoms with Gasteiger partial charge in [-0.3, -0.25) is 0 Å². The van der Waals surface area contributed by atoms with Crippen molar-refractivity contribution in [3.05, 3.63) is 35.4 Å². The first kappa shape index (κ1) is 14.1. The summed E-state index contributed by atoms with van der Waals surface area (Å²) >= 11 is 0. The smallest absolute Gasteiger partial charge is 0.335 e. The lowest BCUT2D eigenvalue weighted by molar-refractivity contribution is 0.0696. The number of rotatable bonds is 4. The topological polar surface area (TPSA) is 49.3 Å². The second kappa shape index (κ2) is 5.33. The second-order valence-corrected chi connectivity index (χ2v) is 6.62. The molecule has 3 heteroatoms. The minimum atomic E-state index is -0.863. The zero-order chi connectivity index (χ0) is 14.0. The first-order chi connectivity index (χ1) is 8.86. The quantitative estimate of drug-likeness (QED) is 0.874. The molecule has 0 saturated heterocycles. The van der Waals surface area contributed by atoms with Crippen molar-refractivity contribution in [1.29, 1.82) is 0 Å². The number of hydrogen-bond donors (Lipinski definition) is 2. The summed E-state index contributed by atoms with van der Waals surface area (Å²) in [7, 11) is 0. The SMILES string of the molecule is CC(C)(C)C1CC(NCc2cccc(C(=O)O)c2)C1. The molecule has 0 heterocycles. The number of carbonyl (C=O) groups is 1. The van der Waals surface area contributed by atoms with E-state index in [-0.39, 0.29) is 0 Å². The van der Waals surface area contributed by atoms with Crippen LogP contribution in [0.2, 0.25) is 0 Å². The molecule has 0 aromatic heterocycles. The molecule has 1 aromatic rings. The molecule has 2 N–H and O–H groups in total. The zero-order valence-corrected chi connectivity index (χ0v) is 11.9. The average molecular weight is 261 g/mol. The highest BCUT2D eigenvalue weighted by molar-refractivity contribution is 5.87. The Kier molecular flexibility index (Phi) is 3.95. The van der Waals surface area contributed by atoms with E-state index >= 15 is 0 Å². The standard InChI is InChI=1S/C16H23NO2/c1-16(2,3)13-8-14(9-13)17-10-11-5-4-6-12(7-11)15(18)19/h4-7,13-14,17H,8-10H2,1-3H3,(H,18,19). The van der Waals surface area contributed by atoms with Crippen LogP contribution in [0, 0.1) is 11.3 Å². The van der Waals surface area contributed by atoms with Gasteiger partial charge >= 0.3 is 5.97 Å². The summed E-state index contributed by atoms with van der Waals surface area (Å²) in [5, 5.41) is 12.5. The van der Waals surface area contributed by atoms with E-state index in [2.05, 4.69) is 26.1 Å². The van der Waals surface area contributed by atoms with Gasteiger partial charge in [-0.15, -0.1) is 0 Å². The summed E-state index contributed by atoms with van der Waals surface area (Å²) in [5.41, 5.74) is 1.81. The Morgan fingerprint density at radius 2 is 2.05 bits per heavy atom. The number of hydrogen-bond acceptors (Lipinski definition) is 2. The van der Waals surface area contributed by atoms with E-state index < -0.39 is 5.97 Å². The molecule has 0 amide bonds. The van der Waals surface area contributed by atoms with Gasteiger partial charge in [-0.05, 0) is 41.9 Å². The fourth-order valence-electron chi connectivity index (χ4n) is 2.57. The number of carboxylic acids is 1. The lowest BCUT2D eigenvalue weighted by atomic mass is 9.66. The van der Waals surface area contributed by atoms with Gasteiger partial charge in [0.15, 0.2) is 0 Å². The molecule has 0 bridgehead atoms. The second-order valence-electron chi connectivity index (χ2n) is 6.62. The molecule has 0 radical (unpaired) electrons. The maximum atomic E-state index is 10.9. The van der Waals surface area contributed by atoms with Crippen LogP contribution in [0.5, 0.6) is 0 Å². The zero-order valence-electron chi connectivity index (χ0n) is 11.9. The molecule has 3 nitrogen and oxygen atoms in total. The van der Waals surface area contributed by atoms with E-state index in [0.29, 0.717) is 17.0 Å². The minimum absolute atomic E-state index is 0.362. The molecule has 19 heavy (non-hydrogen) atoms. The molecule has 0 atom stereocenters. The van der Waals surface area contributed by atoms with Crippen molar-refractivity contribution in [3.8, 4) is 0 Å². The van der Waals surface area contributed by atoms with Crippen LogP contribution in [0.1, 0.15) is 49.5 Å². The Morgan fingerprint density at radius 1 is 1.37 bits per heavy atom. The van der Waals surface area contributed by atoms with Gasteiger partial charge < -0.3 is 10.4 Å². The molecule has 1 aliphatic carbocycles. The van der Waals surface area contributed by atoms with E-state index in [1.165, 1.54) is 12.8 Å². The summed E-state index contributed by atoms with van der Waals surface area (Å²) in [5.74, 6) is -0.0614. The maximum absolute atomic E-state index is 10.9. The summed E-state index contributed by atoms with van der Waals surface area (Å²) in [4.78, 5) is 10.9. The Morgan fingerprint density at radius 3 is 2.63 bits per heavy atom. The fraction of sp³-hybridized carbons (Fsp3) is 0.562. The van der Waals surface area contributed by atoms with E-state index in [0.717, 1.165) is 18.0 Å². The van der Waals surface area contributed by atoms with Crippen molar-refractivity contribution in [2.75, 3.05) is 0 Å². The lowest BCUT2D eigenvalue weighted by Crippen LogP contribution is -2.45. The molecule has 1 saturated carbocycles. The van der Waals surface area contributed by atoms with Crippen molar-refractivity contribution in [2.24, 2.45) is 11.3 Å². The predicted molar refractivity (Wildman–Crippen MR) is 76.2 cm³/mol. The molecular formula is C16H23NO2. The van der Waals surface area contributed by atoms with Crippen LogP contribution >= 0.6 is 0 Å². The van der Waals surface area contributed by atoms with Gasteiger partial charge in [0, 0.05) is 12.6 Å². The Bertz CT molecular complexity index is 456. The van der Waals surface area contributed by atoms with E-state index in [1.807, 2.05) is 6.07 Å². The van der Waals surface area contributed by atoms with Crippen molar-refractivity contribution in [2.45, 2.75) is 46.2 Å². The molecule has 0 unspecified atom stereocenters. The third-order valence-electron chi connectivity index (χ3n) is 4.13. The normalized spacial score (nSPS) is 22.9. The molecule has 0 spiro atoms. The molecule has 1 fully saturated rings. The van der Waals surface area contributed by atoms with Crippen molar-refractivity contribution in [1.82, 2.24) is 5.32 Å².